The Hall–Kier alpha value is -0.900. The molecule has 0 amide bonds. The van der Waals surface area contributed by atoms with E-state index in [1.165, 1.54) is 0 Å². The Labute approximate surface area is 90.0 Å². The van der Waals surface area contributed by atoms with Crippen molar-refractivity contribution in [3.05, 3.63) is 0 Å². The summed E-state index contributed by atoms with van der Waals surface area (Å²) >= 11 is 0. The lowest BCUT2D eigenvalue weighted by atomic mass is 10.1. The van der Waals surface area contributed by atoms with E-state index in [9.17, 15) is 22.0 Å². The largest absolute Gasteiger partial charge is 0.360 e. The third-order valence-corrected chi connectivity index (χ3v) is 1.86. The molecule has 94 valence electrons. The highest BCUT2D eigenvalue weighted by Crippen LogP contribution is 2.19. The van der Waals surface area contributed by atoms with Crippen LogP contribution in [0.15, 0.2) is 0 Å². The standard InChI is InChI=1S/C9H12F5NO/c1-2-5(3-15)16-4-6(10)7(11)8(12)9(13)14/h5-9H,2,4H2,1H3. The maximum atomic E-state index is 12.9. The first kappa shape index (κ1) is 15.1. The summed E-state index contributed by atoms with van der Waals surface area (Å²) < 4.78 is 65.9. The summed E-state index contributed by atoms with van der Waals surface area (Å²) in [6.45, 7) is 0.658. The summed E-state index contributed by atoms with van der Waals surface area (Å²) in [5.74, 6) is 0. The van der Waals surface area contributed by atoms with Crippen molar-refractivity contribution in [1.29, 1.82) is 5.26 Å². The Balaban J connectivity index is 4.06. The molecule has 0 saturated carbocycles. The topological polar surface area (TPSA) is 33.0 Å². The molecule has 0 N–H and O–H groups in total. The second-order valence-corrected chi connectivity index (χ2v) is 3.10. The highest BCUT2D eigenvalue weighted by molar-refractivity contribution is 4.84. The van der Waals surface area contributed by atoms with Gasteiger partial charge in [-0.3, -0.25) is 0 Å². The van der Waals surface area contributed by atoms with Crippen LogP contribution in [0.3, 0.4) is 0 Å². The molecule has 0 aliphatic heterocycles. The van der Waals surface area contributed by atoms with Gasteiger partial charge in [-0.1, -0.05) is 6.92 Å². The number of rotatable bonds is 7. The molecule has 0 aromatic rings. The zero-order chi connectivity index (χ0) is 12.7. The van der Waals surface area contributed by atoms with Gasteiger partial charge in [0.1, 0.15) is 6.10 Å². The van der Waals surface area contributed by atoms with Crippen LogP contribution < -0.4 is 0 Å². The minimum atomic E-state index is -3.58. The molecule has 0 fully saturated rings. The summed E-state index contributed by atoms with van der Waals surface area (Å²) in [5.41, 5.74) is 0. The van der Waals surface area contributed by atoms with Crippen LogP contribution >= 0.6 is 0 Å². The number of alkyl halides is 5. The van der Waals surface area contributed by atoms with Crippen LogP contribution in [0.1, 0.15) is 13.3 Å². The van der Waals surface area contributed by atoms with Crippen LogP contribution in [-0.4, -0.2) is 37.7 Å². The molecule has 0 rings (SSSR count). The second-order valence-electron chi connectivity index (χ2n) is 3.10. The lowest BCUT2D eigenvalue weighted by Crippen LogP contribution is -2.36. The van der Waals surface area contributed by atoms with Gasteiger partial charge in [-0.25, -0.2) is 22.0 Å². The molecule has 0 aromatic heterocycles. The van der Waals surface area contributed by atoms with Crippen LogP contribution in [0.4, 0.5) is 22.0 Å². The van der Waals surface area contributed by atoms with E-state index in [0.29, 0.717) is 0 Å². The van der Waals surface area contributed by atoms with Crippen molar-refractivity contribution < 1.29 is 26.7 Å². The van der Waals surface area contributed by atoms with Crippen LogP contribution in [0, 0.1) is 11.3 Å². The third kappa shape index (κ3) is 4.75. The average Bonchev–Trinajstić information content (AvgIpc) is 2.27. The molecule has 4 unspecified atom stereocenters. The van der Waals surface area contributed by atoms with Gasteiger partial charge in [0.05, 0.1) is 12.7 Å². The molecular weight excluding hydrogens is 233 g/mol. The predicted molar refractivity (Wildman–Crippen MR) is 46.3 cm³/mol. The summed E-state index contributed by atoms with van der Waals surface area (Å²) in [5, 5.41) is 8.39. The zero-order valence-corrected chi connectivity index (χ0v) is 8.55. The van der Waals surface area contributed by atoms with E-state index < -0.39 is 37.7 Å². The zero-order valence-electron chi connectivity index (χ0n) is 8.55. The smallest absolute Gasteiger partial charge is 0.272 e. The number of ether oxygens (including phenoxy) is 1. The molecule has 2 nitrogen and oxygen atoms in total. The van der Waals surface area contributed by atoms with Crippen molar-refractivity contribution in [3.63, 3.8) is 0 Å². The van der Waals surface area contributed by atoms with Crippen molar-refractivity contribution in [2.24, 2.45) is 0 Å². The van der Waals surface area contributed by atoms with Crippen molar-refractivity contribution in [2.45, 2.75) is 44.4 Å². The first-order chi connectivity index (χ1) is 7.43. The van der Waals surface area contributed by atoms with Gasteiger partial charge in [0.25, 0.3) is 6.43 Å². The van der Waals surface area contributed by atoms with E-state index >= 15 is 0 Å². The van der Waals surface area contributed by atoms with Crippen LogP contribution in [-0.2, 0) is 4.74 Å². The van der Waals surface area contributed by atoms with E-state index in [2.05, 4.69) is 4.74 Å². The molecule has 4 atom stereocenters. The first-order valence-corrected chi connectivity index (χ1v) is 4.65. The fraction of sp³-hybridized carbons (Fsp3) is 0.889. The fourth-order valence-electron chi connectivity index (χ4n) is 0.885. The van der Waals surface area contributed by atoms with Gasteiger partial charge in [-0.05, 0) is 6.42 Å². The normalized spacial score (nSPS) is 18.9. The maximum absolute atomic E-state index is 12.9. The first-order valence-electron chi connectivity index (χ1n) is 4.65. The van der Waals surface area contributed by atoms with Crippen LogP contribution in [0.2, 0.25) is 0 Å². The van der Waals surface area contributed by atoms with E-state index in [-0.39, 0.29) is 6.42 Å². The van der Waals surface area contributed by atoms with Gasteiger partial charge in [0.15, 0.2) is 18.5 Å². The van der Waals surface area contributed by atoms with Gasteiger partial charge in [-0.2, -0.15) is 5.26 Å². The molecule has 0 spiro atoms. The minimum Gasteiger partial charge on any atom is -0.360 e. The quantitative estimate of drug-likeness (QED) is 0.646. The number of hydrogen-bond donors (Lipinski definition) is 0. The monoisotopic (exact) mass is 245 g/mol. The predicted octanol–water partition coefficient (Wildman–Crippen LogP) is 2.58. The third-order valence-electron chi connectivity index (χ3n) is 1.86. The molecule has 0 aliphatic rings. The molecule has 0 aromatic carbocycles. The summed E-state index contributed by atoms with van der Waals surface area (Å²) in [6, 6.07) is 1.64. The van der Waals surface area contributed by atoms with Gasteiger partial charge < -0.3 is 4.74 Å². The molecule has 0 radical (unpaired) electrons. The Morgan fingerprint density at radius 3 is 2.06 bits per heavy atom. The lowest BCUT2D eigenvalue weighted by molar-refractivity contribution is -0.0495. The SMILES string of the molecule is CCC(C#N)OCC(F)C(F)C(F)C(F)F. The highest BCUT2D eigenvalue weighted by atomic mass is 19.3. The Morgan fingerprint density at radius 2 is 1.69 bits per heavy atom. The summed E-state index contributed by atoms with van der Waals surface area (Å²) in [4.78, 5) is 0. The van der Waals surface area contributed by atoms with Gasteiger partial charge in [0.2, 0.25) is 0 Å². The van der Waals surface area contributed by atoms with Crippen molar-refractivity contribution >= 4 is 0 Å². The molecule has 0 heterocycles. The van der Waals surface area contributed by atoms with E-state index in [1.807, 2.05) is 0 Å². The summed E-state index contributed by atoms with van der Waals surface area (Å²) in [6.07, 6.45) is -12.9. The fourth-order valence-corrected chi connectivity index (χ4v) is 0.885. The van der Waals surface area contributed by atoms with Crippen molar-refractivity contribution in [2.75, 3.05) is 6.61 Å². The van der Waals surface area contributed by atoms with E-state index in [4.69, 9.17) is 5.26 Å². The second kappa shape index (κ2) is 7.39. The van der Waals surface area contributed by atoms with Crippen LogP contribution in [0.5, 0.6) is 0 Å². The van der Waals surface area contributed by atoms with Crippen molar-refractivity contribution in [3.8, 4) is 6.07 Å². The van der Waals surface area contributed by atoms with E-state index in [0.717, 1.165) is 0 Å². The average molecular weight is 245 g/mol. The Bertz CT molecular complexity index is 232. The molecule has 0 aliphatic carbocycles. The molecule has 7 heteroatoms. The minimum absolute atomic E-state index is 0.244. The number of nitriles is 1. The van der Waals surface area contributed by atoms with Crippen molar-refractivity contribution in [1.82, 2.24) is 0 Å². The Kier molecular flexibility index (Phi) is 6.97. The van der Waals surface area contributed by atoms with Gasteiger partial charge in [0, 0.05) is 0 Å². The molecule has 0 saturated heterocycles. The number of halogens is 5. The van der Waals surface area contributed by atoms with E-state index in [1.54, 1.807) is 13.0 Å². The number of nitrogens with zero attached hydrogens (tertiary/aromatic N) is 1. The lowest BCUT2D eigenvalue weighted by Gasteiger charge is -2.18. The molecular formula is C9H12F5NO. The molecule has 16 heavy (non-hydrogen) atoms. The summed E-state index contributed by atoms with van der Waals surface area (Å²) in [7, 11) is 0. The van der Waals surface area contributed by atoms with Gasteiger partial charge in [-0.15, -0.1) is 0 Å². The van der Waals surface area contributed by atoms with Crippen LogP contribution in [0.25, 0.3) is 0 Å². The Morgan fingerprint density at radius 1 is 1.12 bits per heavy atom. The molecule has 0 bridgehead atoms. The van der Waals surface area contributed by atoms with Gasteiger partial charge >= 0.3 is 0 Å². The maximum Gasteiger partial charge on any atom is 0.272 e. The number of hydrogen-bond acceptors (Lipinski definition) is 2. The highest BCUT2D eigenvalue weighted by Gasteiger charge is 2.36.